The third-order valence-electron chi connectivity index (χ3n) is 4.37. The summed E-state index contributed by atoms with van der Waals surface area (Å²) in [5, 5.41) is 5.10. The predicted molar refractivity (Wildman–Crippen MR) is 101 cm³/mol. The second-order valence-electron chi connectivity index (χ2n) is 6.15. The number of likely N-dealkylation sites (tertiary alicyclic amines) is 1. The first-order chi connectivity index (χ1) is 11.8. The largest absolute Gasteiger partial charge is 0.365 e. The molecule has 0 saturated carbocycles. The topological polar surface area (TPSA) is 35.6 Å². The SMILES string of the molecule is CCCN(c1ccccc1)C1CN(C(=O)NCCc2cccs2)C1. The Hall–Kier alpha value is -2.01. The Morgan fingerprint density at radius 3 is 2.71 bits per heavy atom. The fourth-order valence-corrected chi connectivity index (χ4v) is 3.77. The van der Waals surface area contributed by atoms with Crippen molar-refractivity contribution < 1.29 is 4.79 Å². The van der Waals surface area contributed by atoms with Crippen LogP contribution in [0.1, 0.15) is 18.2 Å². The lowest BCUT2D eigenvalue weighted by Gasteiger charge is -2.46. The molecule has 2 heterocycles. The number of carbonyl (C=O) groups excluding carboxylic acids is 1. The molecule has 1 fully saturated rings. The first kappa shape index (κ1) is 16.8. The molecule has 3 rings (SSSR count). The fourth-order valence-electron chi connectivity index (χ4n) is 3.06. The van der Waals surface area contributed by atoms with E-state index in [9.17, 15) is 4.79 Å². The number of hydrogen-bond donors (Lipinski definition) is 1. The van der Waals surface area contributed by atoms with Gasteiger partial charge in [-0.3, -0.25) is 0 Å². The van der Waals surface area contributed by atoms with Crippen LogP contribution in [0.5, 0.6) is 0 Å². The van der Waals surface area contributed by atoms with Crippen LogP contribution >= 0.6 is 11.3 Å². The van der Waals surface area contributed by atoms with Crippen molar-refractivity contribution in [1.82, 2.24) is 10.2 Å². The number of nitrogens with zero attached hydrogens (tertiary/aromatic N) is 2. The zero-order valence-electron chi connectivity index (χ0n) is 14.1. The molecule has 0 bridgehead atoms. The third kappa shape index (κ3) is 4.09. The minimum absolute atomic E-state index is 0.0623. The summed E-state index contributed by atoms with van der Waals surface area (Å²) in [7, 11) is 0. The molecule has 5 heteroatoms. The van der Waals surface area contributed by atoms with Gasteiger partial charge >= 0.3 is 6.03 Å². The number of rotatable bonds is 7. The molecule has 0 spiro atoms. The molecular weight excluding hydrogens is 318 g/mol. The Kier molecular flexibility index (Phi) is 5.75. The van der Waals surface area contributed by atoms with Crippen LogP contribution in [0.4, 0.5) is 10.5 Å². The summed E-state index contributed by atoms with van der Waals surface area (Å²) in [6.45, 7) is 5.55. The average Bonchev–Trinajstić information content (AvgIpc) is 3.07. The summed E-state index contributed by atoms with van der Waals surface area (Å²) in [6, 6.07) is 15.1. The Morgan fingerprint density at radius 2 is 2.04 bits per heavy atom. The molecule has 1 aromatic heterocycles. The van der Waals surface area contributed by atoms with E-state index >= 15 is 0 Å². The molecule has 0 radical (unpaired) electrons. The molecule has 2 amide bonds. The Balaban J connectivity index is 1.45. The monoisotopic (exact) mass is 343 g/mol. The molecule has 1 saturated heterocycles. The third-order valence-corrected chi connectivity index (χ3v) is 5.31. The minimum Gasteiger partial charge on any atom is -0.365 e. The van der Waals surface area contributed by atoms with Gasteiger partial charge < -0.3 is 15.1 Å². The van der Waals surface area contributed by atoms with Gasteiger partial charge in [0.15, 0.2) is 0 Å². The highest BCUT2D eigenvalue weighted by Crippen LogP contribution is 2.23. The maximum atomic E-state index is 12.2. The molecule has 1 aliphatic heterocycles. The van der Waals surface area contributed by atoms with Crippen LogP contribution in [0.3, 0.4) is 0 Å². The maximum Gasteiger partial charge on any atom is 0.317 e. The first-order valence-corrected chi connectivity index (χ1v) is 9.52. The van der Waals surface area contributed by atoms with Gasteiger partial charge in [-0.05, 0) is 36.4 Å². The molecule has 0 aliphatic carbocycles. The van der Waals surface area contributed by atoms with Crippen LogP contribution in [0.2, 0.25) is 0 Å². The highest BCUT2D eigenvalue weighted by atomic mass is 32.1. The minimum atomic E-state index is 0.0623. The van der Waals surface area contributed by atoms with E-state index in [1.807, 2.05) is 17.0 Å². The summed E-state index contributed by atoms with van der Waals surface area (Å²) >= 11 is 1.74. The Morgan fingerprint density at radius 1 is 1.25 bits per heavy atom. The van der Waals surface area contributed by atoms with Gasteiger partial charge in [0.25, 0.3) is 0 Å². The standard InChI is InChI=1S/C19H25N3OS/c1-2-12-22(16-7-4-3-5-8-16)17-14-21(15-17)19(23)20-11-10-18-9-6-13-24-18/h3-9,13,17H,2,10-12,14-15H2,1H3,(H,20,23). The van der Waals surface area contributed by atoms with Gasteiger partial charge in [0.2, 0.25) is 0 Å². The molecule has 128 valence electrons. The van der Waals surface area contributed by atoms with Crippen molar-refractivity contribution in [1.29, 1.82) is 0 Å². The van der Waals surface area contributed by atoms with Gasteiger partial charge in [-0.25, -0.2) is 4.79 Å². The number of hydrogen-bond acceptors (Lipinski definition) is 3. The number of para-hydroxylation sites is 1. The van der Waals surface area contributed by atoms with Crippen molar-refractivity contribution in [2.24, 2.45) is 0 Å². The molecule has 4 nitrogen and oxygen atoms in total. The van der Waals surface area contributed by atoms with Gasteiger partial charge in [-0.15, -0.1) is 11.3 Å². The molecule has 0 atom stereocenters. The summed E-state index contributed by atoms with van der Waals surface area (Å²) < 4.78 is 0. The highest BCUT2D eigenvalue weighted by Gasteiger charge is 2.34. The lowest BCUT2D eigenvalue weighted by atomic mass is 10.1. The van der Waals surface area contributed by atoms with Gasteiger partial charge in [-0.1, -0.05) is 31.2 Å². The first-order valence-electron chi connectivity index (χ1n) is 8.64. The van der Waals surface area contributed by atoms with Crippen molar-refractivity contribution in [2.45, 2.75) is 25.8 Å². The number of thiophene rings is 1. The van der Waals surface area contributed by atoms with Crippen molar-refractivity contribution >= 4 is 23.1 Å². The molecule has 1 aliphatic rings. The van der Waals surface area contributed by atoms with Crippen LogP contribution in [0.25, 0.3) is 0 Å². The quantitative estimate of drug-likeness (QED) is 0.834. The molecule has 1 aromatic carbocycles. The lowest BCUT2D eigenvalue weighted by molar-refractivity contribution is 0.149. The highest BCUT2D eigenvalue weighted by molar-refractivity contribution is 7.09. The van der Waals surface area contributed by atoms with Crippen molar-refractivity contribution in [3.8, 4) is 0 Å². The number of amides is 2. The van der Waals surface area contributed by atoms with Crippen LogP contribution in [-0.4, -0.2) is 43.2 Å². The zero-order valence-corrected chi connectivity index (χ0v) is 15.0. The van der Waals surface area contributed by atoms with E-state index in [1.54, 1.807) is 11.3 Å². The molecular formula is C19H25N3OS. The Bertz CT molecular complexity index is 623. The molecule has 24 heavy (non-hydrogen) atoms. The van der Waals surface area contributed by atoms with E-state index in [0.29, 0.717) is 12.6 Å². The molecule has 1 N–H and O–H groups in total. The van der Waals surface area contributed by atoms with E-state index < -0.39 is 0 Å². The van der Waals surface area contributed by atoms with Gasteiger partial charge in [0, 0.05) is 36.7 Å². The van der Waals surface area contributed by atoms with Crippen LogP contribution < -0.4 is 10.2 Å². The number of urea groups is 1. The van der Waals surface area contributed by atoms with Crippen LogP contribution in [0, 0.1) is 0 Å². The van der Waals surface area contributed by atoms with Crippen molar-refractivity contribution in [2.75, 3.05) is 31.1 Å². The number of carbonyl (C=O) groups is 1. The summed E-state index contributed by atoms with van der Waals surface area (Å²) in [4.78, 5) is 17.9. The van der Waals surface area contributed by atoms with Crippen LogP contribution in [-0.2, 0) is 6.42 Å². The molecule has 2 aromatic rings. The second-order valence-corrected chi connectivity index (χ2v) is 7.18. The van der Waals surface area contributed by atoms with Gasteiger partial charge in [0.05, 0.1) is 6.04 Å². The maximum absolute atomic E-state index is 12.2. The predicted octanol–water partition coefficient (Wildman–Crippen LogP) is 3.60. The van der Waals surface area contributed by atoms with Gasteiger partial charge in [-0.2, -0.15) is 0 Å². The van der Waals surface area contributed by atoms with E-state index in [4.69, 9.17) is 0 Å². The average molecular weight is 343 g/mol. The number of nitrogens with one attached hydrogen (secondary N) is 1. The van der Waals surface area contributed by atoms with Crippen molar-refractivity contribution in [3.63, 3.8) is 0 Å². The van der Waals surface area contributed by atoms with E-state index in [2.05, 4.69) is 52.9 Å². The summed E-state index contributed by atoms with van der Waals surface area (Å²) in [5.74, 6) is 0. The number of benzene rings is 1. The number of anilines is 1. The lowest BCUT2D eigenvalue weighted by Crippen LogP contribution is -2.63. The normalized spacial score (nSPS) is 14.3. The van der Waals surface area contributed by atoms with E-state index in [0.717, 1.165) is 32.5 Å². The summed E-state index contributed by atoms with van der Waals surface area (Å²) in [5.41, 5.74) is 1.25. The summed E-state index contributed by atoms with van der Waals surface area (Å²) in [6.07, 6.45) is 2.02. The van der Waals surface area contributed by atoms with E-state index in [-0.39, 0.29) is 6.03 Å². The molecule has 0 unspecified atom stereocenters. The smallest absolute Gasteiger partial charge is 0.317 e. The Labute approximate surface area is 148 Å². The zero-order chi connectivity index (χ0) is 16.8. The van der Waals surface area contributed by atoms with Gasteiger partial charge in [0.1, 0.15) is 0 Å². The van der Waals surface area contributed by atoms with Crippen molar-refractivity contribution in [3.05, 3.63) is 52.7 Å². The fraction of sp³-hybridized carbons (Fsp3) is 0.421. The van der Waals surface area contributed by atoms with E-state index in [1.165, 1.54) is 10.6 Å². The van der Waals surface area contributed by atoms with Crippen LogP contribution in [0.15, 0.2) is 47.8 Å². The second kappa shape index (κ2) is 8.20.